The maximum atomic E-state index is 11.5. The Morgan fingerprint density at radius 2 is 2.24 bits per heavy atom. The molecule has 0 aliphatic carbocycles. The lowest BCUT2D eigenvalue weighted by molar-refractivity contribution is -0.119. The molecule has 2 rings (SSSR count). The molecule has 0 saturated heterocycles. The third-order valence-electron chi connectivity index (χ3n) is 2.92. The molecule has 0 spiro atoms. The molecule has 1 unspecified atom stereocenters. The Hall–Kier alpha value is -1.91. The summed E-state index contributed by atoms with van der Waals surface area (Å²) in [5, 5.41) is 7.81. The van der Waals surface area contributed by atoms with E-state index in [1.165, 1.54) is 0 Å². The number of anilines is 1. The Balaban J connectivity index is 2.40. The first-order valence-electron chi connectivity index (χ1n) is 5.74. The van der Waals surface area contributed by atoms with Gasteiger partial charge in [0.1, 0.15) is 5.78 Å². The highest BCUT2D eigenvalue weighted by molar-refractivity contribution is 5.78. The summed E-state index contributed by atoms with van der Waals surface area (Å²) >= 11 is 0. The number of aromatic nitrogens is 3. The maximum Gasteiger partial charge on any atom is 0.226 e. The summed E-state index contributed by atoms with van der Waals surface area (Å²) in [6.45, 7) is 3.89. The predicted molar refractivity (Wildman–Crippen MR) is 65.7 cm³/mol. The monoisotopic (exact) mass is 232 g/mol. The second kappa shape index (κ2) is 4.53. The first-order valence-corrected chi connectivity index (χ1v) is 5.74. The van der Waals surface area contributed by atoms with Crippen LogP contribution in [-0.4, -0.2) is 20.4 Å². The van der Waals surface area contributed by atoms with Crippen LogP contribution in [0.5, 0.6) is 0 Å². The number of pyridine rings is 1. The normalized spacial score (nSPS) is 12.8. The van der Waals surface area contributed by atoms with Crippen molar-refractivity contribution in [2.45, 2.75) is 32.6 Å². The molecule has 2 aromatic heterocycles. The van der Waals surface area contributed by atoms with Crippen LogP contribution in [0.1, 0.15) is 38.3 Å². The van der Waals surface area contributed by atoms with Crippen molar-refractivity contribution in [1.29, 1.82) is 0 Å². The summed E-state index contributed by atoms with van der Waals surface area (Å²) in [4.78, 5) is 11.5. The van der Waals surface area contributed by atoms with E-state index in [2.05, 4.69) is 10.2 Å². The van der Waals surface area contributed by atoms with E-state index in [1.807, 2.05) is 32.0 Å². The van der Waals surface area contributed by atoms with E-state index >= 15 is 0 Å². The van der Waals surface area contributed by atoms with Crippen LogP contribution in [-0.2, 0) is 4.79 Å². The number of Topliss-reactive ketones (excluding diaryl/α,β-unsaturated/α-hetero) is 1. The number of fused-ring (bicyclic) bond motifs is 1. The smallest absolute Gasteiger partial charge is 0.226 e. The molecule has 5 heteroatoms. The van der Waals surface area contributed by atoms with Gasteiger partial charge in [0.2, 0.25) is 5.95 Å². The molecule has 0 aliphatic rings. The molecule has 0 radical (unpaired) electrons. The Bertz CT molecular complexity index is 546. The minimum absolute atomic E-state index is 0.115. The number of nitrogens with two attached hydrogens (primary N) is 1. The Morgan fingerprint density at radius 3 is 2.94 bits per heavy atom. The standard InChI is InChI=1S/C12H16N4O/c1-3-9(17)7-8(2)10-5-4-6-11-14-15-12(13)16(10)11/h4-6,8H,3,7H2,1-2H3,(H2,13,15). The maximum absolute atomic E-state index is 11.5. The quantitative estimate of drug-likeness (QED) is 0.872. The molecule has 0 amide bonds. The van der Waals surface area contributed by atoms with Gasteiger partial charge in [-0.05, 0) is 12.1 Å². The van der Waals surface area contributed by atoms with E-state index in [0.29, 0.717) is 18.8 Å². The molecule has 5 nitrogen and oxygen atoms in total. The van der Waals surface area contributed by atoms with E-state index in [0.717, 1.165) is 11.3 Å². The highest BCUT2D eigenvalue weighted by Gasteiger charge is 2.15. The molecule has 17 heavy (non-hydrogen) atoms. The number of nitrogen functional groups attached to an aromatic ring is 1. The van der Waals surface area contributed by atoms with Crippen LogP contribution in [0.2, 0.25) is 0 Å². The predicted octanol–water partition coefficient (Wildman–Crippen LogP) is 1.78. The average molecular weight is 232 g/mol. The third kappa shape index (κ3) is 2.13. The van der Waals surface area contributed by atoms with E-state index in [-0.39, 0.29) is 11.7 Å². The van der Waals surface area contributed by atoms with Gasteiger partial charge < -0.3 is 5.73 Å². The molecule has 2 aromatic rings. The summed E-state index contributed by atoms with van der Waals surface area (Å²) in [7, 11) is 0. The molecule has 2 heterocycles. The fourth-order valence-electron chi connectivity index (χ4n) is 1.96. The number of nitrogens with zero attached hydrogens (tertiary/aromatic N) is 3. The summed E-state index contributed by atoms with van der Waals surface area (Å²) in [6, 6.07) is 5.72. The summed E-state index contributed by atoms with van der Waals surface area (Å²) in [5.74, 6) is 0.733. The molecular weight excluding hydrogens is 216 g/mol. The summed E-state index contributed by atoms with van der Waals surface area (Å²) in [5.41, 5.74) is 7.48. The minimum Gasteiger partial charge on any atom is -0.368 e. The van der Waals surface area contributed by atoms with Crippen molar-refractivity contribution < 1.29 is 4.79 Å². The zero-order valence-corrected chi connectivity index (χ0v) is 10.1. The highest BCUT2D eigenvalue weighted by atomic mass is 16.1. The SMILES string of the molecule is CCC(=O)CC(C)c1cccc2nnc(N)n12. The van der Waals surface area contributed by atoms with Gasteiger partial charge in [-0.1, -0.05) is 19.9 Å². The second-order valence-corrected chi connectivity index (χ2v) is 4.20. The van der Waals surface area contributed by atoms with Gasteiger partial charge in [0.25, 0.3) is 0 Å². The topological polar surface area (TPSA) is 73.3 Å². The van der Waals surface area contributed by atoms with Crippen LogP contribution in [0.4, 0.5) is 5.95 Å². The average Bonchev–Trinajstić information content (AvgIpc) is 2.71. The van der Waals surface area contributed by atoms with Crippen LogP contribution >= 0.6 is 0 Å². The first-order chi connectivity index (χ1) is 8.13. The summed E-state index contributed by atoms with van der Waals surface area (Å²) < 4.78 is 1.80. The Labute approximate surface area is 99.6 Å². The highest BCUT2D eigenvalue weighted by Crippen LogP contribution is 2.22. The first kappa shape index (κ1) is 11.6. The fraction of sp³-hybridized carbons (Fsp3) is 0.417. The molecule has 0 bridgehead atoms. The molecule has 1 atom stereocenters. The van der Waals surface area contributed by atoms with Crippen molar-refractivity contribution in [3.8, 4) is 0 Å². The fourth-order valence-corrected chi connectivity index (χ4v) is 1.96. The number of ketones is 1. The molecule has 90 valence electrons. The molecular formula is C12H16N4O. The van der Waals surface area contributed by atoms with Crippen molar-refractivity contribution in [3.63, 3.8) is 0 Å². The Morgan fingerprint density at radius 1 is 1.47 bits per heavy atom. The van der Waals surface area contributed by atoms with Gasteiger partial charge in [-0.15, -0.1) is 10.2 Å². The van der Waals surface area contributed by atoms with Crippen molar-refractivity contribution in [3.05, 3.63) is 23.9 Å². The molecule has 2 N–H and O–H groups in total. The Kier molecular flexibility index (Phi) is 3.08. The van der Waals surface area contributed by atoms with Crippen LogP contribution in [0.25, 0.3) is 5.65 Å². The molecule has 0 fully saturated rings. The lowest BCUT2D eigenvalue weighted by Gasteiger charge is -2.13. The zero-order valence-electron chi connectivity index (χ0n) is 10.1. The molecule has 0 aliphatic heterocycles. The molecule has 0 saturated carbocycles. The van der Waals surface area contributed by atoms with Gasteiger partial charge in [0.15, 0.2) is 5.65 Å². The minimum atomic E-state index is 0.115. The van der Waals surface area contributed by atoms with Crippen LogP contribution in [0.3, 0.4) is 0 Å². The number of carbonyl (C=O) groups is 1. The van der Waals surface area contributed by atoms with Gasteiger partial charge in [0.05, 0.1) is 0 Å². The molecule has 0 aromatic carbocycles. The van der Waals surface area contributed by atoms with Gasteiger partial charge in [-0.3, -0.25) is 9.20 Å². The van der Waals surface area contributed by atoms with Gasteiger partial charge in [0, 0.05) is 24.5 Å². The van der Waals surface area contributed by atoms with E-state index in [4.69, 9.17) is 5.73 Å². The second-order valence-electron chi connectivity index (χ2n) is 4.20. The van der Waals surface area contributed by atoms with Crippen molar-refractivity contribution >= 4 is 17.4 Å². The van der Waals surface area contributed by atoms with Gasteiger partial charge in [-0.25, -0.2) is 0 Å². The third-order valence-corrected chi connectivity index (χ3v) is 2.92. The van der Waals surface area contributed by atoms with E-state index in [1.54, 1.807) is 4.40 Å². The van der Waals surface area contributed by atoms with E-state index in [9.17, 15) is 4.79 Å². The number of hydrogen-bond acceptors (Lipinski definition) is 4. The van der Waals surface area contributed by atoms with Crippen LogP contribution in [0.15, 0.2) is 18.2 Å². The van der Waals surface area contributed by atoms with Gasteiger partial charge in [-0.2, -0.15) is 0 Å². The zero-order chi connectivity index (χ0) is 12.4. The van der Waals surface area contributed by atoms with Crippen molar-refractivity contribution in [1.82, 2.24) is 14.6 Å². The largest absolute Gasteiger partial charge is 0.368 e. The lowest BCUT2D eigenvalue weighted by atomic mass is 9.99. The number of rotatable bonds is 4. The van der Waals surface area contributed by atoms with E-state index < -0.39 is 0 Å². The van der Waals surface area contributed by atoms with Gasteiger partial charge >= 0.3 is 0 Å². The number of carbonyl (C=O) groups excluding carboxylic acids is 1. The van der Waals surface area contributed by atoms with Crippen molar-refractivity contribution in [2.75, 3.05) is 5.73 Å². The number of hydrogen-bond donors (Lipinski definition) is 1. The van der Waals surface area contributed by atoms with Crippen molar-refractivity contribution in [2.24, 2.45) is 0 Å². The van der Waals surface area contributed by atoms with Crippen LogP contribution < -0.4 is 5.73 Å². The summed E-state index contributed by atoms with van der Waals surface area (Å²) in [6.07, 6.45) is 1.09. The van der Waals surface area contributed by atoms with Crippen LogP contribution in [0, 0.1) is 0 Å². The lowest BCUT2D eigenvalue weighted by Crippen LogP contribution is -2.08.